The van der Waals surface area contributed by atoms with Crippen molar-refractivity contribution in [3.05, 3.63) is 35.4 Å². The summed E-state index contributed by atoms with van der Waals surface area (Å²) in [7, 11) is 0. The highest BCUT2D eigenvalue weighted by atomic mass is 16.2. The van der Waals surface area contributed by atoms with E-state index in [0.29, 0.717) is 5.92 Å². The summed E-state index contributed by atoms with van der Waals surface area (Å²) in [6, 6.07) is 8.45. The van der Waals surface area contributed by atoms with E-state index in [0.717, 1.165) is 18.4 Å². The van der Waals surface area contributed by atoms with Crippen LogP contribution in [0.1, 0.15) is 65.0 Å². The Morgan fingerprint density at radius 1 is 1.15 bits per heavy atom. The molecule has 1 rings (SSSR count). The van der Waals surface area contributed by atoms with Crippen molar-refractivity contribution in [1.29, 1.82) is 0 Å². The number of benzene rings is 1. The summed E-state index contributed by atoms with van der Waals surface area (Å²) in [6.45, 7) is 12.6. The van der Waals surface area contributed by atoms with Crippen LogP contribution in [0.15, 0.2) is 24.3 Å². The fourth-order valence-electron chi connectivity index (χ4n) is 2.10. The second-order valence-corrected chi connectivity index (χ2v) is 6.79. The zero-order valence-electron chi connectivity index (χ0n) is 13.8. The van der Waals surface area contributed by atoms with Gasteiger partial charge < -0.3 is 5.32 Å². The first kappa shape index (κ1) is 16.7. The number of hydrogen-bond donors (Lipinski definition) is 1. The highest BCUT2D eigenvalue weighted by molar-refractivity contribution is 5.83. The van der Waals surface area contributed by atoms with Crippen LogP contribution in [0.4, 0.5) is 0 Å². The average molecular weight is 275 g/mol. The number of amides is 1. The maximum absolute atomic E-state index is 12.3. The number of hydrogen-bond acceptors (Lipinski definition) is 1. The molecule has 1 atom stereocenters. The van der Waals surface area contributed by atoms with Gasteiger partial charge in [-0.3, -0.25) is 4.79 Å². The fourth-order valence-corrected chi connectivity index (χ4v) is 2.10. The van der Waals surface area contributed by atoms with Gasteiger partial charge in [-0.2, -0.15) is 0 Å². The molecule has 20 heavy (non-hydrogen) atoms. The Balaban J connectivity index is 2.72. The van der Waals surface area contributed by atoms with E-state index in [1.807, 2.05) is 6.92 Å². The fraction of sp³-hybridized carbons (Fsp3) is 0.611. The molecule has 0 saturated carbocycles. The molecule has 1 N–H and O–H groups in total. The molecule has 1 aromatic carbocycles. The Kier molecular flexibility index (Phi) is 5.79. The van der Waals surface area contributed by atoms with E-state index >= 15 is 0 Å². The van der Waals surface area contributed by atoms with Crippen LogP contribution in [0.25, 0.3) is 0 Å². The van der Waals surface area contributed by atoms with Crippen LogP contribution in [0.2, 0.25) is 0 Å². The first-order valence-corrected chi connectivity index (χ1v) is 7.66. The molecular formula is C18H29NO. The zero-order chi connectivity index (χ0) is 15.3. The molecule has 0 aliphatic carbocycles. The lowest BCUT2D eigenvalue weighted by atomic mass is 9.94. The van der Waals surface area contributed by atoms with Gasteiger partial charge in [0, 0.05) is 5.54 Å². The number of carbonyl (C=O) groups is 1. The minimum atomic E-state index is -0.136. The minimum Gasteiger partial charge on any atom is -0.351 e. The van der Waals surface area contributed by atoms with Gasteiger partial charge in [0.15, 0.2) is 0 Å². The van der Waals surface area contributed by atoms with E-state index in [-0.39, 0.29) is 17.4 Å². The third-order valence-corrected chi connectivity index (χ3v) is 3.86. The zero-order valence-corrected chi connectivity index (χ0v) is 13.8. The van der Waals surface area contributed by atoms with E-state index in [1.165, 1.54) is 5.56 Å². The predicted octanol–water partition coefficient (Wildman–Crippen LogP) is 4.29. The normalized spacial score (nSPS) is 13.3. The van der Waals surface area contributed by atoms with E-state index in [9.17, 15) is 4.79 Å². The lowest BCUT2D eigenvalue weighted by molar-refractivity contribution is -0.123. The first-order chi connectivity index (χ1) is 9.25. The molecule has 112 valence electrons. The molecule has 2 nitrogen and oxygen atoms in total. The highest BCUT2D eigenvalue weighted by Gasteiger charge is 2.22. The Labute approximate surface area is 124 Å². The molecule has 0 heterocycles. The van der Waals surface area contributed by atoms with Crippen molar-refractivity contribution in [3.63, 3.8) is 0 Å². The third-order valence-electron chi connectivity index (χ3n) is 3.86. The predicted molar refractivity (Wildman–Crippen MR) is 85.9 cm³/mol. The molecule has 1 unspecified atom stereocenters. The highest BCUT2D eigenvalue weighted by Crippen LogP contribution is 2.19. The summed E-state index contributed by atoms with van der Waals surface area (Å²) >= 11 is 0. The van der Waals surface area contributed by atoms with Crippen molar-refractivity contribution >= 4 is 5.91 Å². The van der Waals surface area contributed by atoms with Crippen LogP contribution in [0.3, 0.4) is 0 Å². The van der Waals surface area contributed by atoms with Gasteiger partial charge in [0.25, 0.3) is 0 Å². The summed E-state index contributed by atoms with van der Waals surface area (Å²) in [5, 5.41) is 3.11. The van der Waals surface area contributed by atoms with Crippen LogP contribution in [-0.2, 0) is 11.2 Å². The van der Waals surface area contributed by atoms with Crippen LogP contribution < -0.4 is 5.32 Å². The van der Waals surface area contributed by atoms with Crippen molar-refractivity contribution in [2.24, 2.45) is 5.92 Å². The Bertz CT molecular complexity index is 431. The summed E-state index contributed by atoms with van der Waals surface area (Å²) in [4.78, 5) is 12.3. The summed E-state index contributed by atoms with van der Waals surface area (Å²) < 4.78 is 0. The monoisotopic (exact) mass is 275 g/mol. The van der Waals surface area contributed by atoms with Gasteiger partial charge in [-0.05, 0) is 50.7 Å². The molecule has 0 spiro atoms. The molecule has 0 aliphatic heterocycles. The van der Waals surface area contributed by atoms with E-state index in [4.69, 9.17) is 0 Å². The SMILES string of the molecule is CCC(C)(C)NC(=O)C(C)c1ccc(CC(C)C)cc1. The standard InChI is InChI=1S/C18H29NO/c1-7-18(5,6)19-17(20)14(4)16-10-8-15(9-11-16)12-13(2)3/h8-11,13-14H,7,12H2,1-6H3,(H,19,20). The maximum Gasteiger partial charge on any atom is 0.227 e. The average Bonchev–Trinajstić information content (AvgIpc) is 2.37. The smallest absolute Gasteiger partial charge is 0.227 e. The molecule has 0 fully saturated rings. The van der Waals surface area contributed by atoms with Gasteiger partial charge in [-0.25, -0.2) is 0 Å². The molecule has 0 aliphatic rings. The second-order valence-electron chi connectivity index (χ2n) is 6.79. The van der Waals surface area contributed by atoms with Crippen LogP contribution in [0.5, 0.6) is 0 Å². The summed E-state index contributed by atoms with van der Waals surface area (Å²) in [6.07, 6.45) is 2.02. The molecule has 1 aromatic rings. The van der Waals surface area contributed by atoms with Gasteiger partial charge in [0.1, 0.15) is 0 Å². The van der Waals surface area contributed by atoms with E-state index < -0.39 is 0 Å². The van der Waals surface area contributed by atoms with Gasteiger partial charge >= 0.3 is 0 Å². The van der Waals surface area contributed by atoms with Crippen molar-refractivity contribution in [2.45, 2.75) is 65.8 Å². The van der Waals surface area contributed by atoms with Gasteiger partial charge in [0.2, 0.25) is 5.91 Å². The molecular weight excluding hydrogens is 246 g/mol. The quantitative estimate of drug-likeness (QED) is 0.824. The molecule has 0 radical (unpaired) electrons. The van der Waals surface area contributed by atoms with Crippen molar-refractivity contribution in [2.75, 3.05) is 0 Å². The van der Waals surface area contributed by atoms with Gasteiger partial charge in [-0.1, -0.05) is 45.0 Å². The second kappa shape index (κ2) is 6.92. The lowest BCUT2D eigenvalue weighted by Crippen LogP contribution is -2.44. The van der Waals surface area contributed by atoms with Crippen LogP contribution >= 0.6 is 0 Å². The van der Waals surface area contributed by atoms with E-state index in [2.05, 4.69) is 64.2 Å². The Hall–Kier alpha value is -1.31. The third kappa shape index (κ3) is 4.99. The molecule has 0 saturated heterocycles. The Morgan fingerprint density at radius 2 is 1.70 bits per heavy atom. The largest absolute Gasteiger partial charge is 0.351 e. The van der Waals surface area contributed by atoms with E-state index in [1.54, 1.807) is 0 Å². The first-order valence-electron chi connectivity index (χ1n) is 7.66. The molecule has 1 amide bonds. The van der Waals surface area contributed by atoms with Crippen LogP contribution in [0, 0.1) is 5.92 Å². The van der Waals surface area contributed by atoms with Crippen molar-refractivity contribution in [3.8, 4) is 0 Å². The molecule has 2 heteroatoms. The molecule has 0 aromatic heterocycles. The van der Waals surface area contributed by atoms with Crippen molar-refractivity contribution in [1.82, 2.24) is 5.32 Å². The van der Waals surface area contributed by atoms with Gasteiger partial charge in [0.05, 0.1) is 5.92 Å². The topological polar surface area (TPSA) is 29.1 Å². The number of carbonyl (C=O) groups excluding carboxylic acids is 1. The summed E-state index contributed by atoms with van der Waals surface area (Å²) in [5.74, 6) is 0.661. The Morgan fingerprint density at radius 3 is 2.15 bits per heavy atom. The minimum absolute atomic E-state index is 0.103. The number of nitrogens with one attached hydrogen (secondary N) is 1. The van der Waals surface area contributed by atoms with Crippen molar-refractivity contribution < 1.29 is 4.79 Å². The lowest BCUT2D eigenvalue weighted by Gasteiger charge is -2.26. The molecule has 0 bridgehead atoms. The van der Waals surface area contributed by atoms with Gasteiger partial charge in [-0.15, -0.1) is 0 Å². The van der Waals surface area contributed by atoms with Crippen LogP contribution in [-0.4, -0.2) is 11.4 Å². The summed E-state index contributed by atoms with van der Waals surface area (Å²) in [5.41, 5.74) is 2.29. The number of rotatable bonds is 6. The maximum atomic E-state index is 12.3.